The third-order valence-electron chi connectivity index (χ3n) is 3.97. The number of hydrogen-bond acceptors (Lipinski definition) is 6. The first-order valence-corrected chi connectivity index (χ1v) is 7.78. The van der Waals surface area contributed by atoms with Crippen molar-refractivity contribution in [1.82, 2.24) is 0 Å². The van der Waals surface area contributed by atoms with Crippen LogP contribution in [-0.4, -0.2) is 13.5 Å². The highest BCUT2D eigenvalue weighted by Crippen LogP contribution is 2.39. The van der Waals surface area contributed by atoms with E-state index in [2.05, 4.69) is 31.1 Å². The van der Waals surface area contributed by atoms with Crippen molar-refractivity contribution in [2.24, 2.45) is 21.3 Å². The molecule has 1 aliphatic carbocycles. The summed E-state index contributed by atoms with van der Waals surface area (Å²) in [6, 6.07) is 6.54. The molecule has 2 rings (SSSR count). The highest BCUT2D eigenvalue weighted by molar-refractivity contribution is 5.41. The number of hydrogen-bond donors (Lipinski definition) is 0. The molecule has 1 aromatic carbocycles. The normalized spacial score (nSPS) is 17.1. The SMILES string of the molecule is C#CC(N=O)(c1ccc(OCN=[N+]=[N-])cc1)C1C=CC(OCN=[N+]=[N-])=CC1. The molecule has 1 aliphatic rings. The van der Waals surface area contributed by atoms with Crippen molar-refractivity contribution in [2.45, 2.75) is 12.0 Å². The summed E-state index contributed by atoms with van der Waals surface area (Å²) in [7, 11) is 0. The number of azide groups is 2. The summed E-state index contributed by atoms with van der Waals surface area (Å²) in [5.41, 5.74) is 15.6. The van der Waals surface area contributed by atoms with Crippen LogP contribution in [0.2, 0.25) is 0 Å². The van der Waals surface area contributed by atoms with Crippen molar-refractivity contribution in [3.63, 3.8) is 0 Å². The molecule has 2 unspecified atom stereocenters. The van der Waals surface area contributed by atoms with E-state index in [-0.39, 0.29) is 19.4 Å². The number of nitrogens with zero attached hydrogens (tertiary/aromatic N) is 7. The van der Waals surface area contributed by atoms with Crippen molar-refractivity contribution in [1.29, 1.82) is 0 Å². The van der Waals surface area contributed by atoms with Crippen molar-refractivity contribution in [3.05, 3.63) is 79.6 Å². The number of rotatable bonds is 9. The molecule has 0 N–H and O–H groups in total. The molecule has 0 radical (unpaired) electrons. The molecular weight excluding hydrogens is 350 g/mol. The Hall–Kier alpha value is -3.92. The van der Waals surface area contributed by atoms with E-state index in [4.69, 9.17) is 27.0 Å². The molecule has 0 saturated carbocycles. The van der Waals surface area contributed by atoms with Gasteiger partial charge in [0.05, 0.1) is 0 Å². The number of benzene rings is 1. The van der Waals surface area contributed by atoms with Crippen molar-refractivity contribution in [3.8, 4) is 18.1 Å². The minimum atomic E-state index is -1.40. The van der Waals surface area contributed by atoms with Gasteiger partial charge in [0.25, 0.3) is 0 Å². The van der Waals surface area contributed by atoms with Crippen LogP contribution in [0.3, 0.4) is 0 Å². The predicted molar refractivity (Wildman–Crippen MR) is 97.8 cm³/mol. The second kappa shape index (κ2) is 9.53. The molecule has 0 fully saturated rings. The van der Waals surface area contributed by atoms with Gasteiger partial charge in [0.15, 0.2) is 19.0 Å². The highest BCUT2D eigenvalue weighted by atomic mass is 16.5. The zero-order valence-electron chi connectivity index (χ0n) is 14.2. The first kappa shape index (κ1) is 19.4. The summed E-state index contributed by atoms with van der Waals surface area (Å²) in [5.74, 6) is 3.14. The van der Waals surface area contributed by atoms with Crippen LogP contribution in [0, 0.1) is 23.2 Å². The van der Waals surface area contributed by atoms with Gasteiger partial charge in [-0.05, 0) is 52.5 Å². The third kappa shape index (κ3) is 4.58. The monoisotopic (exact) mass is 365 g/mol. The van der Waals surface area contributed by atoms with Gasteiger partial charge in [0.2, 0.25) is 0 Å². The first-order chi connectivity index (χ1) is 13.2. The molecule has 0 amide bonds. The molecular formula is C17H15N7O3. The Kier molecular flexibility index (Phi) is 6.85. The average molecular weight is 365 g/mol. The topological polar surface area (TPSA) is 145 Å². The summed E-state index contributed by atoms with van der Waals surface area (Å²) < 4.78 is 10.5. The van der Waals surface area contributed by atoms with E-state index >= 15 is 0 Å². The molecule has 0 heterocycles. The Labute approximate surface area is 154 Å². The van der Waals surface area contributed by atoms with E-state index in [1.165, 1.54) is 0 Å². The van der Waals surface area contributed by atoms with Gasteiger partial charge in [0, 0.05) is 15.7 Å². The van der Waals surface area contributed by atoms with E-state index in [0.717, 1.165) is 0 Å². The van der Waals surface area contributed by atoms with Crippen LogP contribution in [0.5, 0.6) is 5.75 Å². The lowest BCUT2D eigenvalue weighted by Gasteiger charge is -2.29. The van der Waals surface area contributed by atoms with Gasteiger partial charge < -0.3 is 9.47 Å². The zero-order chi connectivity index (χ0) is 19.5. The standard InChI is InChI=1S/C17H15N7O3/c1-2-17(22-25,13-3-7-15(8-4-13)26-11-20-23-18)14-5-9-16(10-6-14)27-12-21-24-19/h1,3-5,7-10,14H,6,11-12H2. The Morgan fingerprint density at radius 2 is 1.85 bits per heavy atom. The lowest BCUT2D eigenvalue weighted by Crippen LogP contribution is -2.31. The van der Waals surface area contributed by atoms with Crippen molar-refractivity contribution >= 4 is 0 Å². The number of terminal acetylenes is 1. The molecule has 0 spiro atoms. The predicted octanol–water partition coefficient (Wildman–Crippen LogP) is 4.67. The van der Waals surface area contributed by atoms with Crippen molar-refractivity contribution < 1.29 is 9.47 Å². The smallest absolute Gasteiger partial charge is 0.193 e. The van der Waals surface area contributed by atoms with Crippen LogP contribution in [-0.2, 0) is 10.3 Å². The van der Waals surface area contributed by atoms with E-state index in [1.54, 1.807) is 42.5 Å². The third-order valence-corrected chi connectivity index (χ3v) is 3.97. The maximum absolute atomic E-state index is 11.7. The van der Waals surface area contributed by atoms with Gasteiger partial charge in [-0.1, -0.05) is 34.4 Å². The van der Waals surface area contributed by atoms with Crippen molar-refractivity contribution in [2.75, 3.05) is 13.5 Å². The number of nitroso groups, excluding NO2 is 1. The lowest BCUT2D eigenvalue weighted by molar-refractivity contribution is 0.228. The molecule has 1 aromatic rings. The Morgan fingerprint density at radius 3 is 2.37 bits per heavy atom. The Morgan fingerprint density at radius 1 is 1.19 bits per heavy atom. The van der Waals surface area contributed by atoms with Crippen LogP contribution < -0.4 is 4.74 Å². The van der Waals surface area contributed by atoms with Crippen LogP contribution in [0.1, 0.15) is 12.0 Å². The molecule has 0 saturated heterocycles. The van der Waals surface area contributed by atoms with E-state index in [9.17, 15) is 4.91 Å². The van der Waals surface area contributed by atoms with Crippen LogP contribution >= 0.6 is 0 Å². The van der Waals surface area contributed by atoms with Crippen LogP contribution in [0.25, 0.3) is 20.9 Å². The van der Waals surface area contributed by atoms with Gasteiger partial charge in [-0.25, -0.2) is 0 Å². The zero-order valence-corrected chi connectivity index (χ0v) is 14.2. The van der Waals surface area contributed by atoms with Gasteiger partial charge in [0.1, 0.15) is 11.5 Å². The fourth-order valence-electron chi connectivity index (χ4n) is 2.63. The molecule has 27 heavy (non-hydrogen) atoms. The number of ether oxygens (including phenoxy) is 2. The summed E-state index contributed by atoms with van der Waals surface area (Å²) in [5, 5.41) is 9.83. The summed E-state index contributed by atoms with van der Waals surface area (Å²) in [4.78, 5) is 16.9. The average Bonchev–Trinajstić information content (AvgIpc) is 2.72. The molecule has 2 atom stereocenters. The summed E-state index contributed by atoms with van der Waals surface area (Å²) >= 11 is 0. The molecule has 0 bridgehead atoms. The van der Waals surface area contributed by atoms with Crippen LogP contribution in [0.4, 0.5) is 0 Å². The largest absolute Gasteiger partial charge is 0.488 e. The first-order valence-electron chi connectivity index (χ1n) is 7.78. The Bertz CT molecular complexity index is 875. The van der Waals surface area contributed by atoms with Gasteiger partial charge in [-0.15, -0.1) is 11.3 Å². The molecule has 136 valence electrons. The fraction of sp³-hybridized carbons (Fsp3) is 0.294. The minimum Gasteiger partial charge on any atom is -0.488 e. The van der Waals surface area contributed by atoms with E-state index < -0.39 is 5.54 Å². The maximum atomic E-state index is 11.7. The molecule has 10 nitrogen and oxygen atoms in total. The quantitative estimate of drug-likeness (QED) is 0.206. The highest BCUT2D eigenvalue weighted by Gasteiger charge is 2.40. The van der Waals surface area contributed by atoms with E-state index in [1.807, 2.05) is 0 Å². The molecule has 0 aliphatic heterocycles. The lowest BCUT2D eigenvalue weighted by atomic mass is 9.76. The van der Waals surface area contributed by atoms with Gasteiger partial charge >= 0.3 is 0 Å². The fourth-order valence-corrected chi connectivity index (χ4v) is 2.63. The van der Waals surface area contributed by atoms with E-state index in [0.29, 0.717) is 23.5 Å². The minimum absolute atomic E-state index is 0.124. The Balaban J connectivity index is 2.17. The second-order valence-corrected chi connectivity index (χ2v) is 5.34. The summed E-state index contributed by atoms with van der Waals surface area (Å²) in [6.07, 6.45) is 11.3. The maximum Gasteiger partial charge on any atom is 0.193 e. The second-order valence-electron chi connectivity index (χ2n) is 5.34. The molecule has 0 aromatic heterocycles. The van der Waals surface area contributed by atoms with Gasteiger partial charge in [-0.2, -0.15) is 0 Å². The number of allylic oxidation sites excluding steroid dienone is 2. The van der Waals surface area contributed by atoms with Crippen LogP contribution in [0.15, 0.2) is 63.7 Å². The summed E-state index contributed by atoms with van der Waals surface area (Å²) in [6.45, 7) is -0.266. The molecule has 10 heteroatoms. The van der Waals surface area contributed by atoms with Gasteiger partial charge in [-0.3, -0.25) is 0 Å².